The highest BCUT2D eigenvalue weighted by Gasteiger charge is 2.33. The lowest BCUT2D eigenvalue weighted by atomic mass is 10.1. The van der Waals surface area contributed by atoms with Gasteiger partial charge in [-0.3, -0.25) is 4.79 Å². The van der Waals surface area contributed by atoms with Gasteiger partial charge >= 0.3 is 0 Å². The number of hydrogen-bond acceptors (Lipinski definition) is 4. The lowest BCUT2D eigenvalue weighted by Gasteiger charge is -2.08. The minimum atomic E-state index is -0.447. The highest BCUT2D eigenvalue weighted by molar-refractivity contribution is 6.28. The number of benzene rings is 3. The SMILES string of the molecule is O=C1c2cccc(OCO)c2-c2[nH]c3ccc(OCc4ccccc4)cc3c21. The van der Waals surface area contributed by atoms with Gasteiger partial charge in [-0.2, -0.15) is 0 Å². The molecule has 0 amide bonds. The van der Waals surface area contributed by atoms with Crippen LogP contribution < -0.4 is 9.47 Å². The van der Waals surface area contributed by atoms with Crippen molar-refractivity contribution in [1.29, 1.82) is 0 Å². The molecule has 5 heteroatoms. The first-order chi connectivity index (χ1) is 13.8. The molecule has 1 aliphatic carbocycles. The van der Waals surface area contributed by atoms with E-state index in [1.165, 1.54) is 0 Å². The number of ether oxygens (including phenoxy) is 2. The fourth-order valence-corrected chi connectivity index (χ4v) is 3.73. The molecule has 28 heavy (non-hydrogen) atoms. The van der Waals surface area contributed by atoms with E-state index in [9.17, 15) is 4.79 Å². The summed E-state index contributed by atoms with van der Waals surface area (Å²) in [6.07, 6.45) is 0. The first kappa shape index (κ1) is 16.6. The first-order valence-corrected chi connectivity index (χ1v) is 9.00. The van der Waals surface area contributed by atoms with Gasteiger partial charge < -0.3 is 19.6 Å². The topological polar surface area (TPSA) is 71.5 Å². The van der Waals surface area contributed by atoms with Gasteiger partial charge in [-0.15, -0.1) is 0 Å². The van der Waals surface area contributed by atoms with Gasteiger partial charge in [-0.25, -0.2) is 0 Å². The Hall–Kier alpha value is -3.57. The van der Waals surface area contributed by atoms with E-state index >= 15 is 0 Å². The summed E-state index contributed by atoms with van der Waals surface area (Å²) < 4.78 is 11.2. The van der Waals surface area contributed by atoms with E-state index in [-0.39, 0.29) is 5.78 Å². The van der Waals surface area contributed by atoms with Crippen molar-refractivity contribution >= 4 is 16.7 Å². The number of fused-ring (bicyclic) bond motifs is 5. The van der Waals surface area contributed by atoms with Gasteiger partial charge in [0.1, 0.15) is 18.1 Å². The third-order valence-electron chi connectivity index (χ3n) is 4.99. The molecule has 4 aromatic rings. The van der Waals surface area contributed by atoms with Crippen LogP contribution in [0.5, 0.6) is 11.5 Å². The summed E-state index contributed by atoms with van der Waals surface area (Å²) in [6.45, 7) is 0.0132. The Labute approximate surface area is 161 Å². The van der Waals surface area contributed by atoms with Crippen molar-refractivity contribution in [3.05, 3.63) is 83.4 Å². The maximum absolute atomic E-state index is 13.0. The fraction of sp³-hybridized carbons (Fsp3) is 0.0870. The first-order valence-electron chi connectivity index (χ1n) is 9.00. The molecular weight excluding hydrogens is 354 g/mol. The monoisotopic (exact) mass is 371 g/mol. The van der Waals surface area contributed by atoms with Crippen LogP contribution in [0.15, 0.2) is 66.7 Å². The molecule has 5 rings (SSSR count). The second-order valence-corrected chi connectivity index (χ2v) is 6.64. The Morgan fingerprint density at radius 3 is 2.57 bits per heavy atom. The average Bonchev–Trinajstić information content (AvgIpc) is 3.23. The van der Waals surface area contributed by atoms with Crippen molar-refractivity contribution in [2.24, 2.45) is 0 Å². The summed E-state index contributed by atoms with van der Waals surface area (Å²) in [6, 6.07) is 20.9. The maximum atomic E-state index is 13.0. The predicted molar refractivity (Wildman–Crippen MR) is 106 cm³/mol. The van der Waals surface area contributed by atoms with E-state index in [0.717, 1.165) is 22.2 Å². The molecule has 1 aliphatic rings. The summed E-state index contributed by atoms with van der Waals surface area (Å²) in [5.74, 6) is 1.13. The van der Waals surface area contributed by atoms with Gasteiger partial charge in [0, 0.05) is 16.5 Å². The second-order valence-electron chi connectivity index (χ2n) is 6.64. The zero-order valence-electron chi connectivity index (χ0n) is 14.9. The molecule has 2 N–H and O–H groups in total. The van der Waals surface area contributed by atoms with Crippen molar-refractivity contribution in [2.45, 2.75) is 6.61 Å². The molecule has 0 saturated carbocycles. The standard InChI is InChI=1S/C23H17NO4/c25-13-28-19-8-4-7-16-20(19)22-21(23(16)26)17-11-15(9-10-18(17)24-22)27-12-14-5-2-1-3-6-14/h1-11,24-25H,12-13H2. The molecule has 3 aromatic carbocycles. The van der Waals surface area contributed by atoms with Gasteiger partial charge in [0.2, 0.25) is 0 Å². The number of nitrogens with one attached hydrogen (secondary N) is 1. The second kappa shape index (κ2) is 6.55. The third-order valence-corrected chi connectivity index (χ3v) is 4.99. The van der Waals surface area contributed by atoms with Crippen LogP contribution in [-0.4, -0.2) is 22.7 Å². The van der Waals surface area contributed by atoms with Crippen LogP contribution in [0, 0.1) is 0 Å². The van der Waals surface area contributed by atoms with Crippen molar-refractivity contribution in [2.75, 3.05) is 6.79 Å². The fourth-order valence-electron chi connectivity index (χ4n) is 3.73. The quantitative estimate of drug-likeness (QED) is 0.452. The average molecular weight is 371 g/mol. The van der Waals surface area contributed by atoms with Crippen LogP contribution in [-0.2, 0) is 6.61 Å². The van der Waals surface area contributed by atoms with E-state index < -0.39 is 6.79 Å². The van der Waals surface area contributed by atoms with Crippen molar-refractivity contribution in [3.8, 4) is 22.8 Å². The summed E-state index contributed by atoms with van der Waals surface area (Å²) in [4.78, 5) is 16.4. The molecule has 0 radical (unpaired) electrons. The summed E-state index contributed by atoms with van der Waals surface area (Å²) in [7, 11) is 0. The van der Waals surface area contributed by atoms with Crippen LogP contribution in [0.25, 0.3) is 22.2 Å². The number of ketones is 1. The van der Waals surface area contributed by atoms with Crippen LogP contribution in [0.3, 0.4) is 0 Å². The number of aliphatic hydroxyl groups excluding tert-OH is 1. The summed E-state index contributed by atoms with van der Waals surface area (Å²) >= 11 is 0. The van der Waals surface area contributed by atoms with E-state index in [0.29, 0.717) is 34.8 Å². The predicted octanol–water partition coefficient (Wildman–Crippen LogP) is 4.29. The number of H-pyrrole nitrogens is 1. The summed E-state index contributed by atoms with van der Waals surface area (Å²) in [5, 5.41) is 9.98. The minimum Gasteiger partial charge on any atom is -0.489 e. The number of carbonyl (C=O) groups excluding carboxylic acids is 1. The zero-order chi connectivity index (χ0) is 19.1. The number of hydrogen-bond donors (Lipinski definition) is 2. The minimum absolute atomic E-state index is 0.0557. The van der Waals surface area contributed by atoms with Gasteiger partial charge in [0.15, 0.2) is 12.6 Å². The molecular formula is C23H17NO4. The van der Waals surface area contributed by atoms with Crippen molar-refractivity contribution < 1.29 is 19.4 Å². The Morgan fingerprint density at radius 2 is 1.75 bits per heavy atom. The highest BCUT2D eigenvalue weighted by atomic mass is 16.6. The van der Waals surface area contributed by atoms with E-state index in [2.05, 4.69) is 4.98 Å². The molecule has 138 valence electrons. The van der Waals surface area contributed by atoms with Gasteiger partial charge in [-0.1, -0.05) is 42.5 Å². The molecule has 0 bridgehead atoms. The lowest BCUT2D eigenvalue weighted by molar-refractivity contribution is 0.0984. The highest BCUT2D eigenvalue weighted by Crippen LogP contribution is 2.45. The molecule has 0 saturated heterocycles. The molecule has 5 nitrogen and oxygen atoms in total. The molecule has 0 fully saturated rings. The third kappa shape index (κ3) is 2.56. The van der Waals surface area contributed by atoms with E-state index in [4.69, 9.17) is 14.6 Å². The molecule has 0 spiro atoms. The Morgan fingerprint density at radius 1 is 0.893 bits per heavy atom. The number of rotatable bonds is 5. The van der Waals surface area contributed by atoms with Crippen LogP contribution in [0.1, 0.15) is 21.5 Å². The Bertz CT molecular complexity index is 1190. The Kier molecular flexibility index (Phi) is 3.88. The number of aliphatic hydroxyl groups is 1. The number of aromatic amines is 1. The van der Waals surface area contributed by atoms with Crippen LogP contribution in [0.4, 0.5) is 0 Å². The van der Waals surface area contributed by atoms with Gasteiger partial charge in [0.25, 0.3) is 0 Å². The summed E-state index contributed by atoms with van der Waals surface area (Å²) in [5.41, 5.74) is 4.54. The number of aromatic nitrogens is 1. The smallest absolute Gasteiger partial charge is 0.196 e. The molecule has 1 aromatic heterocycles. The molecule has 0 atom stereocenters. The van der Waals surface area contributed by atoms with Gasteiger partial charge in [0.05, 0.1) is 16.8 Å². The normalized spacial score (nSPS) is 12.1. The van der Waals surface area contributed by atoms with Crippen molar-refractivity contribution in [1.82, 2.24) is 4.98 Å². The van der Waals surface area contributed by atoms with Gasteiger partial charge in [-0.05, 0) is 29.8 Å². The van der Waals surface area contributed by atoms with E-state index in [1.54, 1.807) is 18.2 Å². The zero-order valence-corrected chi connectivity index (χ0v) is 14.9. The molecule has 0 unspecified atom stereocenters. The molecule has 0 aliphatic heterocycles. The van der Waals surface area contributed by atoms with E-state index in [1.807, 2.05) is 48.5 Å². The van der Waals surface area contributed by atoms with Crippen LogP contribution >= 0.6 is 0 Å². The van der Waals surface area contributed by atoms with Crippen LogP contribution in [0.2, 0.25) is 0 Å². The largest absolute Gasteiger partial charge is 0.489 e. The molecule has 1 heterocycles. The lowest BCUT2D eigenvalue weighted by Crippen LogP contribution is -1.99. The number of carbonyl (C=O) groups is 1. The van der Waals surface area contributed by atoms with Crippen molar-refractivity contribution in [3.63, 3.8) is 0 Å². The Balaban J connectivity index is 1.56. The maximum Gasteiger partial charge on any atom is 0.196 e.